The van der Waals surface area contributed by atoms with Crippen LogP contribution in [0.3, 0.4) is 0 Å². The molecule has 0 radical (unpaired) electrons. The zero-order valence-electron chi connectivity index (χ0n) is 12.1. The van der Waals surface area contributed by atoms with Crippen molar-refractivity contribution in [3.63, 3.8) is 0 Å². The van der Waals surface area contributed by atoms with E-state index in [1.54, 1.807) is 0 Å². The highest BCUT2D eigenvalue weighted by Gasteiger charge is 2.41. The number of rotatable bonds is 2. The number of hydrogen-bond acceptors (Lipinski definition) is 5. The van der Waals surface area contributed by atoms with Crippen LogP contribution in [0.2, 0.25) is 0 Å². The van der Waals surface area contributed by atoms with Crippen LogP contribution in [0.5, 0.6) is 0 Å². The molecule has 122 valence electrons. The van der Waals surface area contributed by atoms with Crippen LogP contribution in [-0.4, -0.2) is 43.3 Å². The molecule has 0 spiro atoms. The molecule has 1 unspecified atom stereocenters. The molecule has 2 aliphatic rings. The first-order valence-corrected chi connectivity index (χ1v) is 9.54. The van der Waals surface area contributed by atoms with Gasteiger partial charge in [0.25, 0.3) is 5.91 Å². The summed E-state index contributed by atoms with van der Waals surface area (Å²) in [6.45, 7) is 0.0300. The Hall–Kier alpha value is -1.74. The second kappa shape index (κ2) is 5.41. The van der Waals surface area contributed by atoms with Gasteiger partial charge in [-0.05, 0) is 34.5 Å². The van der Waals surface area contributed by atoms with Crippen molar-refractivity contribution in [2.45, 2.75) is 30.3 Å². The average molecular weight is 401 g/mol. The van der Waals surface area contributed by atoms with Gasteiger partial charge in [0.2, 0.25) is 11.8 Å². The summed E-state index contributed by atoms with van der Waals surface area (Å²) >= 11 is 3.27. The Kier molecular flexibility index (Phi) is 3.80. The normalized spacial score (nSPS) is 21.4. The third-order valence-corrected chi connectivity index (χ3v) is 5.85. The topological polar surface area (TPSA) is 101 Å². The number of hydrogen-bond donors (Lipinski definition) is 1. The Bertz CT molecular complexity index is 849. The average Bonchev–Trinajstić information content (AvgIpc) is 2.76. The van der Waals surface area contributed by atoms with E-state index in [1.807, 2.05) is 0 Å². The number of halogens is 1. The van der Waals surface area contributed by atoms with Gasteiger partial charge in [0.1, 0.15) is 6.04 Å². The minimum atomic E-state index is -3.50. The van der Waals surface area contributed by atoms with E-state index in [0.29, 0.717) is 10.0 Å². The first kappa shape index (κ1) is 16.1. The molecule has 2 heterocycles. The van der Waals surface area contributed by atoms with Gasteiger partial charge in [0.05, 0.1) is 10.5 Å². The van der Waals surface area contributed by atoms with Crippen molar-refractivity contribution < 1.29 is 22.8 Å². The van der Waals surface area contributed by atoms with E-state index in [4.69, 9.17) is 0 Å². The van der Waals surface area contributed by atoms with Crippen molar-refractivity contribution in [1.29, 1.82) is 0 Å². The number of nitrogens with one attached hydrogen (secondary N) is 1. The lowest BCUT2D eigenvalue weighted by molar-refractivity contribution is -0.136. The van der Waals surface area contributed by atoms with Crippen LogP contribution in [-0.2, 0) is 26.0 Å². The Morgan fingerprint density at radius 1 is 1.26 bits per heavy atom. The smallest absolute Gasteiger partial charge is 0.256 e. The summed E-state index contributed by atoms with van der Waals surface area (Å²) in [5.74, 6) is -1.31. The largest absolute Gasteiger partial charge is 0.322 e. The quantitative estimate of drug-likeness (QED) is 0.733. The lowest BCUT2D eigenvalue weighted by Crippen LogP contribution is -2.52. The number of piperidine rings is 1. The summed E-state index contributed by atoms with van der Waals surface area (Å²) in [7, 11) is -3.50. The Labute approximate surface area is 141 Å². The summed E-state index contributed by atoms with van der Waals surface area (Å²) in [5.41, 5.74) is 0.647. The van der Waals surface area contributed by atoms with Crippen LogP contribution in [0.25, 0.3) is 0 Å². The number of imide groups is 1. The van der Waals surface area contributed by atoms with Crippen molar-refractivity contribution in [3.8, 4) is 0 Å². The number of carbonyl (C=O) groups is 3. The number of nitrogens with zero attached hydrogens (tertiary/aromatic N) is 1. The molecule has 1 fully saturated rings. The Morgan fingerprint density at radius 2 is 1.96 bits per heavy atom. The molecule has 0 bridgehead atoms. The number of sulfone groups is 1. The summed E-state index contributed by atoms with van der Waals surface area (Å²) in [5, 5.41) is 2.21. The van der Waals surface area contributed by atoms with E-state index in [9.17, 15) is 22.8 Å². The molecule has 1 saturated heterocycles. The molecular weight excluding hydrogens is 388 g/mol. The standard InChI is InChI=1S/C14H13BrN2O5S/c1-23(21,22)10-4-2-8(15)12-7(10)6-17(14(12)20)9-3-5-11(18)16-13(9)19/h2,4,9H,3,5-6H2,1H3,(H,16,18,19). The molecule has 1 aromatic carbocycles. The first-order chi connectivity index (χ1) is 10.7. The minimum Gasteiger partial charge on any atom is -0.322 e. The molecule has 1 atom stereocenters. The van der Waals surface area contributed by atoms with Gasteiger partial charge in [-0.15, -0.1) is 0 Å². The summed E-state index contributed by atoms with van der Waals surface area (Å²) in [6, 6.07) is 2.19. The fourth-order valence-corrected chi connectivity index (χ4v) is 4.42. The van der Waals surface area contributed by atoms with Crippen LogP contribution in [0, 0.1) is 0 Å². The lowest BCUT2D eigenvalue weighted by Gasteiger charge is -2.29. The summed E-state index contributed by atoms with van der Waals surface area (Å²) in [6.07, 6.45) is 1.46. The molecule has 0 aliphatic carbocycles. The van der Waals surface area contributed by atoms with Gasteiger partial charge >= 0.3 is 0 Å². The molecule has 0 saturated carbocycles. The third kappa shape index (κ3) is 2.67. The fraction of sp³-hybridized carbons (Fsp3) is 0.357. The molecule has 1 aromatic rings. The Balaban J connectivity index is 2.04. The van der Waals surface area contributed by atoms with Gasteiger partial charge in [-0.25, -0.2) is 8.42 Å². The van der Waals surface area contributed by atoms with Crippen molar-refractivity contribution in [2.24, 2.45) is 0 Å². The van der Waals surface area contributed by atoms with E-state index in [-0.39, 0.29) is 35.8 Å². The lowest BCUT2D eigenvalue weighted by atomic mass is 10.0. The number of carbonyl (C=O) groups excluding carboxylic acids is 3. The maximum atomic E-state index is 12.7. The fourth-order valence-electron chi connectivity index (χ4n) is 2.95. The van der Waals surface area contributed by atoms with Gasteiger partial charge < -0.3 is 4.90 Å². The van der Waals surface area contributed by atoms with Crippen molar-refractivity contribution in [1.82, 2.24) is 10.2 Å². The van der Waals surface area contributed by atoms with Gasteiger partial charge in [0.15, 0.2) is 9.84 Å². The maximum absolute atomic E-state index is 12.7. The van der Waals surface area contributed by atoms with E-state index < -0.39 is 27.7 Å². The van der Waals surface area contributed by atoms with E-state index in [2.05, 4.69) is 21.2 Å². The molecule has 7 nitrogen and oxygen atoms in total. The number of fused-ring (bicyclic) bond motifs is 1. The van der Waals surface area contributed by atoms with E-state index in [0.717, 1.165) is 6.26 Å². The molecule has 2 aliphatic heterocycles. The second-order valence-electron chi connectivity index (χ2n) is 5.57. The highest BCUT2D eigenvalue weighted by Crippen LogP contribution is 2.36. The van der Waals surface area contributed by atoms with Gasteiger partial charge in [-0.3, -0.25) is 19.7 Å². The summed E-state index contributed by atoms with van der Waals surface area (Å²) < 4.78 is 24.3. The molecular formula is C14H13BrN2O5S. The van der Waals surface area contributed by atoms with Crippen LogP contribution < -0.4 is 5.32 Å². The van der Waals surface area contributed by atoms with Gasteiger partial charge in [0, 0.05) is 29.3 Å². The number of benzene rings is 1. The molecule has 0 aromatic heterocycles. The SMILES string of the molecule is CS(=O)(=O)c1ccc(Br)c2c1CN(C1CCC(=O)NC1=O)C2=O. The predicted molar refractivity (Wildman–Crippen MR) is 83.3 cm³/mol. The Morgan fingerprint density at radius 3 is 2.57 bits per heavy atom. The zero-order valence-corrected chi connectivity index (χ0v) is 14.5. The molecule has 23 heavy (non-hydrogen) atoms. The first-order valence-electron chi connectivity index (χ1n) is 6.86. The van der Waals surface area contributed by atoms with Gasteiger partial charge in [-0.2, -0.15) is 0 Å². The highest BCUT2D eigenvalue weighted by molar-refractivity contribution is 9.10. The molecule has 9 heteroatoms. The number of amides is 3. The van der Waals surface area contributed by atoms with Gasteiger partial charge in [-0.1, -0.05) is 0 Å². The van der Waals surface area contributed by atoms with Crippen LogP contribution >= 0.6 is 15.9 Å². The van der Waals surface area contributed by atoms with Crippen LogP contribution in [0.1, 0.15) is 28.8 Å². The molecule has 3 amide bonds. The van der Waals surface area contributed by atoms with Crippen LogP contribution in [0.15, 0.2) is 21.5 Å². The minimum absolute atomic E-state index is 0.0300. The second-order valence-corrected chi connectivity index (χ2v) is 8.41. The van der Waals surface area contributed by atoms with Crippen molar-refractivity contribution in [3.05, 3.63) is 27.7 Å². The predicted octanol–water partition coefficient (Wildman–Crippen LogP) is 0.614. The molecule has 3 rings (SSSR count). The van der Waals surface area contributed by atoms with Crippen LogP contribution in [0.4, 0.5) is 0 Å². The van der Waals surface area contributed by atoms with E-state index in [1.165, 1.54) is 17.0 Å². The van der Waals surface area contributed by atoms with Crippen molar-refractivity contribution >= 4 is 43.5 Å². The molecule has 1 N–H and O–H groups in total. The zero-order chi connectivity index (χ0) is 16.9. The highest BCUT2D eigenvalue weighted by atomic mass is 79.9. The third-order valence-electron chi connectivity index (χ3n) is 4.01. The maximum Gasteiger partial charge on any atom is 0.256 e. The van der Waals surface area contributed by atoms with Crippen molar-refractivity contribution in [2.75, 3.05) is 6.26 Å². The van der Waals surface area contributed by atoms with E-state index >= 15 is 0 Å². The summed E-state index contributed by atoms with van der Waals surface area (Å²) in [4.78, 5) is 37.3. The monoisotopic (exact) mass is 400 g/mol.